The first kappa shape index (κ1) is 18.0. The Balaban J connectivity index is 1.78. The summed E-state index contributed by atoms with van der Waals surface area (Å²) in [7, 11) is 3.20. The molecule has 0 amide bonds. The third-order valence-electron chi connectivity index (χ3n) is 3.50. The fourth-order valence-corrected chi connectivity index (χ4v) is 2.43. The molecule has 0 unspecified atom stereocenters. The number of hydrogen-bond acceptors (Lipinski definition) is 3. The molecule has 2 aromatic carbocycles. The quantitative estimate of drug-likeness (QED) is 0.589. The lowest BCUT2D eigenvalue weighted by molar-refractivity contribution is 0.395. The number of ether oxygens (including phenoxy) is 2. The van der Waals surface area contributed by atoms with Crippen molar-refractivity contribution >= 4 is 23.0 Å². The molecule has 0 bridgehead atoms. The summed E-state index contributed by atoms with van der Waals surface area (Å²) in [5.74, 6) is 1.16. The summed E-state index contributed by atoms with van der Waals surface area (Å²) in [5.41, 5.74) is 1.88. The molecule has 0 saturated heterocycles. The number of methoxy groups -OCH3 is 2. The lowest BCUT2D eigenvalue weighted by Crippen LogP contribution is -2.29. The van der Waals surface area contributed by atoms with Gasteiger partial charge in [-0.1, -0.05) is 12.1 Å². The van der Waals surface area contributed by atoms with Gasteiger partial charge in [0.15, 0.2) is 5.11 Å². The molecule has 2 rings (SSSR count). The Bertz CT molecular complexity index is 677. The summed E-state index contributed by atoms with van der Waals surface area (Å²) in [6.07, 6.45) is 1.76. The zero-order chi connectivity index (χ0) is 17.4. The van der Waals surface area contributed by atoms with Gasteiger partial charge in [-0.3, -0.25) is 0 Å². The molecule has 0 heterocycles. The summed E-state index contributed by atoms with van der Waals surface area (Å²) in [5, 5.41) is 6.79. The van der Waals surface area contributed by atoms with Crippen LogP contribution in [-0.4, -0.2) is 25.9 Å². The Morgan fingerprint density at radius 2 is 1.83 bits per heavy atom. The van der Waals surface area contributed by atoms with E-state index in [1.54, 1.807) is 32.4 Å². The number of rotatable bonds is 7. The van der Waals surface area contributed by atoms with E-state index >= 15 is 0 Å². The standard InChI is InChI=1S/C18H21FN2O2S/c1-22-15-9-10-16(17(12-15)23-2)21-18(24)20-11-3-4-13-5-7-14(19)8-6-13/h5-10,12H,3-4,11H2,1-2H3,(H2,20,21,24). The molecule has 0 aliphatic rings. The predicted molar refractivity (Wildman–Crippen MR) is 98.5 cm³/mol. The van der Waals surface area contributed by atoms with Crippen LogP contribution in [0.2, 0.25) is 0 Å². The van der Waals surface area contributed by atoms with Crippen LogP contribution < -0.4 is 20.1 Å². The first-order valence-electron chi connectivity index (χ1n) is 7.63. The fraction of sp³-hybridized carbons (Fsp3) is 0.278. The minimum atomic E-state index is -0.212. The molecule has 0 aliphatic carbocycles. The second-order valence-electron chi connectivity index (χ2n) is 5.18. The van der Waals surface area contributed by atoms with E-state index in [2.05, 4.69) is 10.6 Å². The van der Waals surface area contributed by atoms with Crippen LogP contribution >= 0.6 is 12.2 Å². The van der Waals surface area contributed by atoms with Gasteiger partial charge in [-0.05, 0) is 54.9 Å². The van der Waals surface area contributed by atoms with E-state index in [1.807, 2.05) is 12.1 Å². The van der Waals surface area contributed by atoms with Gasteiger partial charge in [0, 0.05) is 12.6 Å². The highest BCUT2D eigenvalue weighted by Gasteiger charge is 2.06. The fourth-order valence-electron chi connectivity index (χ4n) is 2.21. The zero-order valence-corrected chi connectivity index (χ0v) is 14.6. The highest BCUT2D eigenvalue weighted by Crippen LogP contribution is 2.28. The van der Waals surface area contributed by atoms with Gasteiger partial charge in [0.25, 0.3) is 0 Å². The van der Waals surface area contributed by atoms with Crippen molar-refractivity contribution in [3.8, 4) is 11.5 Å². The molecule has 0 fully saturated rings. The van der Waals surface area contributed by atoms with Crippen molar-refractivity contribution in [3.05, 3.63) is 53.8 Å². The first-order chi connectivity index (χ1) is 11.6. The summed E-state index contributed by atoms with van der Waals surface area (Å²) in [6, 6.07) is 12.0. The lowest BCUT2D eigenvalue weighted by Gasteiger charge is -2.14. The average Bonchev–Trinajstić information content (AvgIpc) is 2.60. The van der Waals surface area contributed by atoms with E-state index in [1.165, 1.54) is 12.1 Å². The minimum Gasteiger partial charge on any atom is -0.497 e. The molecule has 0 radical (unpaired) electrons. The van der Waals surface area contributed by atoms with E-state index < -0.39 is 0 Å². The summed E-state index contributed by atoms with van der Waals surface area (Å²) >= 11 is 5.29. The molecule has 128 valence electrons. The maximum atomic E-state index is 12.8. The number of anilines is 1. The number of aryl methyl sites for hydroxylation is 1. The minimum absolute atomic E-state index is 0.212. The number of nitrogens with one attached hydrogen (secondary N) is 2. The van der Waals surface area contributed by atoms with Crippen LogP contribution in [-0.2, 0) is 6.42 Å². The van der Waals surface area contributed by atoms with Crippen molar-refractivity contribution in [2.24, 2.45) is 0 Å². The van der Waals surface area contributed by atoms with Gasteiger partial charge in [-0.25, -0.2) is 4.39 Å². The number of thiocarbonyl (C=S) groups is 1. The third kappa shape index (κ3) is 5.38. The van der Waals surface area contributed by atoms with Crippen LogP contribution in [0.25, 0.3) is 0 Å². The van der Waals surface area contributed by atoms with Gasteiger partial charge < -0.3 is 20.1 Å². The van der Waals surface area contributed by atoms with Crippen LogP contribution in [0.3, 0.4) is 0 Å². The Labute approximate surface area is 147 Å². The van der Waals surface area contributed by atoms with Crippen LogP contribution in [0.1, 0.15) is 12.0 Å². The van der Waals surface area contributed by atoms with Crippen LogP contribution in [0.5, 0.6) is 11.5 Å². The molecule has 0 spiro atoms. The van der Waals surface area contributed by atoms with E-state index in [0.29, 0.717) is 10.9 Å². The van der Waals surface area contributed by atoms with E-state index in [-0.39, 0.29) is 5.82 Å². The Morgan fingerprint density at radius 1 is 1.08 bits per heavy atom. The molecule has 24 heavy (non-hydrogen) atoms. The monoisotopic (exact) mass is 348 g/mol. The van der Waals surface area contributed by atoms with Crippen molar-refractivity contribution in [2.75, 3.05) is 26.1 Å². The predicted octanol–water partition coefficient (Wildman–Crippen LogP) is 3.76. The van der Waals surface area contributed by atoms with Gasteiger partial charge in [0.1, 0.15) is 17.3 Å². The second kappa shape index (κ2) is 9.08. The molecule has 0 atom stereocenters. The topological polar surface area (TPSA) is 42.5 Å². The molecular weight excluding hydrogens is 327 g/mol. The maximum Gasteiger partial charge on any atom is 0.170 e. The second-order valence-corrected chi connectivity index (χ2v) is 5.59. The van der Waals surface area contributed by atoms with E-state index in [9.17, 15) is 4.39 Å². The van der Waals surface area contributed by atoms with Crippen LogP contribution in [0.15, 0.2) is 42.5 Å². The van der Waals surface area contributed by atoms with Crippen molar-refractivity contribution in [1.82, 2.24) is 5.32 Å². The van der Waals surface area contributed by atoms with Gasteiger partial charge in [0.2, 0.25) is 0 Å². The summed E-state index contributed by atoms with van der Waals surface area (Å²) < 4.78 is 23.3. The molecule has 0 saturated carbocycles. The van der Waals surface area contributed by atoms with Crippen LogP contribution in [0, 0.1) is 5.82 Å². The zero-order valence-electron chi connectivity index (χ0n) is 13.8. The molecule has 2 N–H and O–H groups in total. The average molecular weight is 348 g/mol. The molecule has 6 heteroatoms. The van der Waals surface area contributed by atoms with Gasteiger partial charge >= 0.3 is 0 Å². The smallest absolute Gasteiger partial charge is 0.170 e. The van der Waals surface area contributed by atoms with Gasteiger partial charge in [-0.2, -0.15) is 0 Å². The highest BCUT2D eigenvalue weighted by molar-refractivity contribution is 7.80. The third-order valence-corrected chi connectivity index (χ3v) is 3.74. The van der Waals surface area contributed by atoms with Crippen LogP contribution in [0.4, 0.5) is 10.1 Å². The van der Waals surface area contributed by atoms with Gasteiger partial charge in [0.05, 0.1) is 19.9 Å². The Kier molecular flexibility index (Phi) is 6.81. The van der Waals surface area contributed by atoms with Crippen molar-refractivity contribution < 1.29 is 13.9 Å². The molecule has 0 aliphatic heterocycles. The maximum absolute atomic E-state index is 12.8. The summed E-state index contributed by atoms with van der Waals surface area (Å²) in [6.45, 7) is 0.724. The van der Waals surface area contributed by atoms with Crippen molar-refractivity contribution in [2.45, 2.75) is 12.8 Å². The number of benzene rings is 2. The number of hydrogen-bond donors (Lipinski definition) is 2. The lowest BCUT2D eigenvalue weighted by atomic mass is 10.1. The van der Waals surface area contributed by atoms with Gasteiger partial charge in [-0.15, -0.1) is 0 Å². The molecular formula is C18H21FN2O2S. The molecule has 4 nitrogen and oxygen atoms in total. The largest absolute Gasteiger partial charge is 0.497 e. The molecule has 0 aromatic heterocycles. The van der Waals surface area contributed by atoms with E-state index in [4.69, 9.17) is 21.7 Å². The Morgan fingerprint density at radius 3 is 2.50 bits per heavy atom. The SMILES string of the molecule is COc1ccc(NC(=S)NCCCc2ccc(F)cc2)c(OC)c1. The normalized spacial score (nSPS) is 10.1. The molecule has 2 aromatic rings. The van der Waals surface area contributed by atoms with Crippen molar-refractivity contribution in [1.29, 1.82) is 0 Å². The first-order valence-corrected chi connectivity index (χ1v) is 8.04. The van der Waals surface area contributed by atoms with Crippen molar-refractivity contribution in [3.63, 3.8) is 0 Å². The Hall–Kier alpha value is -2.34. The summed E-state index contributed by atoms with van der Waals surface area (Å²) in [4.78, 5) is 0. The van der Waals surface area contributed by atoms with E-state index in [0.717, 1.165) is 36.4 Å². The number of halogens is 1. The highest BCUT2D eigenvalue weighted by atomic mass is 32.1.